The Hall–Kier alpha value is -1.22. The van der Waals surface area contributed by atoms with Crippen LogP contribution in [0.5, 0.6) is 0 Å². The van der Waals surface area contributed by atoms with E-state index in [2.05, 4.69) is 43.2 Å². The van der Waals surface area contributed by atoms with Crippen molar-refractivity contribution >= 4 is 11.8 Å². The number of hydrogen-bond donors (Lipinski definition) is 2. The predicted octanol–water partition coefficient (Wildman–Crippen LogP) is 4.71. The van der Waals surface area contributed by atoms with E-state index in [0.717, 1.165) is 56.7 Å². The summed E-state index contributed by atoms with van der Waals surface area (Å²) in [6.45, 7) is 14.3. The van der Waals surface area contributed by atoms with E-state index in [1.165, 1.54) is 44.9 Å². The van der Waals surface area contributed by atoms with Crippen LogP contribution in [0.25, 0.3) is 0 Å². The van der Waals surface area contributed by atoms with Crippen LogP contribution in [0.4, 0.5) is 0 Å². The topological polar surface area (TPSA) is 89.1 Å². The quantitative estimate of drug-likeness (QED) is 0.445. The molecule has 0 bridgehead atoms. The maximum Gasteiger partial charge on any atom is 0.230 e. The summed E-state index contributed by atoms with van der Waals surface area (Å²) in [5.74, 6) is 4.08. The predicted molar refractivity (Wildman–Crippen MR) is 164 cm³/mol. The number of rotatable bonds is 5. The fraction of sp³-hybridized carbons (Fsp3) is 0.943. The van der Waals surface area contributed by atoms with Gasteiger partial charge in [0.15, 0.2) is 5.79 Å². The average Bonchev–Trinajstić information content (AvgIpc) is 3.44. The van der Waals surface area contributed by atoms with Crippen LogP contribution in [-0.4, -0.2) is 74.2 Å². The molecule has 8 nitrogen and oxygen atoms in total. The standard InChI is InChI=1S/C35H57N3O5/c1-22-7-12-35(42-20-22)23(2)32-29(43-35)18-28-26-6-5-24-17-25(8-10-33(24,3)27(26)9-11-34(28,32)4)37-31(40)19-30(39)36-21-38-13-15-41-16-14-38/h22-29,32H,5-21H2,1-4H3,(H,36,39)(H,37,40)/t22-,23+,24-,25?,26-,27+,28+,29+,32+,33+,34+,35-/m1/s1. The van der Waals surface area contributed by atoms with Crippen LogP contribution in [-0.2, 0) is 23.8 Å². The first kappa shape index (κ1) is 30.4. The first-order chi connectivity index (χ1) is 20.6. The number of hydrogen-bond acceptors (Lipinski definition) is 6. The first-order valence-corrected chi connectivity index (χ1v) is 17.8. The van der Waals surface area contributed by atoms with Gasteiger partial charge in [0, 0.05) is 31.5 Å². The van der Waals surface area contributed by atoms with E-state index in [0.29, 0.717) is 60.5 Å². The van der Waals surface area contributed by atoms with Crippen LogP contribution in [0, 0.1) is 52.3 Å². The normalized spacial score (nSPS) is 49.4. The van der Waals surface area contributed by atoms with Crippen LogP contribution in [0.2, 0.25) is 0 Å². The summed E-state index contributed by atoms with van der Waals surface area (Å²) in [6, 6.07) is 0.192. The van der Waals surface area contributed by atoms with Crippen molar-refractivity contribution in [3.05, 3.63) is 0 Å². The zero-order valence-corrected chi connectivity index (χ0v) is 27.2. The summed E-state index contributed by atoms with van der Waals surface area (Å²) in [4.78, 5) is 27.4. The second-order valence-corrected chi connectivity index (χ2v) is 16.4. The minimum Gasteiger partial charge on any atom is -0.379 e. The Balaban J connectivity index is 0.940. The monoisotopic (exact) mass is 599 g/mol. The fourth-order valence-corrected chi connectivity index (χ4v) is 11.9. The third-order valence-electron chi connectivity index (χ3n) is 14.2. The molecule has 3 aliphatic heterocycles. The molecular weight excluding hydrogens is 542 g/mol. The van der Waals surface area contributed by atoms with Gasteiger partial charge in [0.05, 0.1) is 32.6 Å². The van der Waals surface area contributed by atoms with Crippen molar-refractivity contribution < 1.29 is 23.8 Å². The number of ether oxygens (including phenoxy) is 3. The Bertz CT molecular complexity index is 1060. The number of nitrogens with one attached hydrogen (secondary N) is 2. The molecule has 2 N–H and O–H groups in total. The van der Waals surface area contributed by atoms with Crippen LogP contribution in [0.1, 0.15) is 98.3 Å². The second kappa shape index (κ2) is 11.5. The average molecular weight is 600 g/mol. The molecule has 2 amide bonds. The van der Waals surface area contributed by atoms with E-state index >= 15 is 0 Å². The number of carbonyl (C=O) groups is 2. The summed E-state index contributed by atoms with van der Waals surface area (Å²) >= 11 is 0. The number of fused-ring (bicyclic) bond motifs is 7. The van der Waals surface area contributed by atoms with E-state index in [1.807, 2.05) is 0 Å². The van der Waals surface area contributed by atoms with Gasteiger partial charge >= 0.3 is 0 Å². The molecule has 242 valence electrons. The molecule has 7 fully saturated rings. The lowest BCUT2D eigenvalue weighted by Crippen LogP contribution is -2.56. The van der Waals surface area contributed by atoms with E-state index < -0.39 is 0 Å². The van der Waals surface area contributed by atoms with Crippen LogP contribution in [0.3, 0.4) is 0 Å². The fourth-order valence-electron chi connectivity index (χ4n) is 11.9. The van der Waals surface area contributed by atoms with Crippen LogP contribution in [0.15, 0.2) is 0 Å². The molecule has 4 saturated carbocycles. The molecule has 0 aromatic heterocycles. The molecule has 43 heavy (non-hydrogen) atoms. The lowest BCUT2D eigenvalue weighted by Gasteiger charge is -2.61. The smallest absolute Gasteiger partial charge is 0.230 e. The minimum absolute atomic E-state index is 0.0814. The zero-order chi connectivity index (χ0) is 30.0. The number of carbonyl (C=O) groups excluding carboxylic acids is 2. The van der Waals surface area contributed by atoms with Gasteiger partial charge in [-0.15, -0.1) is 0 Å². The van der Waals surface area contributed by atoms with E-state index in [9.17, 15) is 9.59 Å². The Morgan fingerprint density at radius 3 is 2.44 bits per heavy atom. The Kier molecular flexibility index (Phi) is 8.17. The van der Waals surface area contributed by atoms with Gasteiger partial charge in [0.2, 0.25) is 11.8 Å². The molecule has 12 atom stereocenters. The third-order valence-corrected chi connectivity index (χ3v) is 14.2. The highest BCUT2D eigenvalue weighted by atomic mass is 16.7. The lowest BCUT2D eigenvalue weighted by atomic mass is 9.44. The largest absolute Gasteiger partial charge is 0.379 e. The summed E-state index contributed by atoms with van der Waals surface area (Å²) in [5.41, 5.74) is 0.715. The first-order valence-electron chi connectivity index (χ1n) is 17.8. The molecule has 1 spiro atoms. The highest BCUT2D eigenvalue weighted by Gasteiger charge is 2.69. The number of morpholine rings is 1. The number of amides is 2. The zero-order valence-electron chi connectivity index (χ0n) is 27.2. The SMILES string of the molecule is C[C@@H]1CC[C@@]2(OC1)O[C@H]1C[C@H]3[C@@H]4CC[C@@H]5CC(NC(=O)CC(=O)NCN6CCOCC6)CC[C@]5(C)[C@H]4CC[C@]3(C)[C@H]1[C@@H]2C. The third kappa shape index (κ3) is 5.28. The molecule has 1 unspecified atom stereocenters. The molecule has 7 aliphatic rings. The van der Waals surface area contributed by atoms with Gasteiger partial charge in [0.25, 0.3) is 0 Å². The maximum atomic E-state index is 12.8. The van der Waals surface area contributed by atoms with Gasteiger partial charge in [-0.2, -0.15) is 0 Å². The lowest BCUT2D eigenvalue weighted by molar-refractivity contribution is -0.273. The van der Waals surface area contributed by atoms with Crippen molar-refractivity contribution in [1.29, 1.82) is 0 Å². The van der Waals surface area contributed by atoms with Crippen LogP contribution >= 0.6 is 0 Å². The summed E-state index contributed by atoms with van der Waals surface area (Å²) < 4.78 is 18.9. The molecule has 0 aromatic carbocycles. The summed E-state index contributed by atoms with van der Waals surface area (Å²) in [6.07, 6.45) is 12.3. The molecular formula is C35H57N3O5. The number of nitrogens with zero attached hydrogens (tertiary/aromatic N) is 1. The Morgan fingerprint density at radius 2 is 1.67 bits per heavy atom. The second-order valence-electron chi connectivity index (χ2n) is 16.4. The molecule has 3 saturated heterocycles. The van der Waals surface area contributed by atoms with Crippen molar-refractivity contribution in [2.45, 2.75) is 116 Å². The molecule has 4 aliphatic carbocycles. The molecule has 3 heterocycles. The van der Waals surface area contributed by atoms with Gasteiger partial charge in [0.1, 0.15) is 6.42 Å². The van der Waals surface area contributed by atoms with Gasteiger partial charge in [-0.1, -0.05) is 27.7 Å². The minimum atomic E-state index is -0.331. The molecule has 8 heteroatoms. The van der Waals surface area contributed by atoms with Gasteiger partial charge in [-0.25, -0.2) is 0 Å². The Morgan fingerprint density at radius 1 is 0.884 bits per heavy atom. The van der Waals surface area contributed by atoms with E-state index in [1.54, 1.807) is 0 Å². The van der Waals surface area contributed by atoms with Crippen molar-refractivity contribution in [1.82, 2.24) is 15.5 Å². The van der Waals surface area contributed by atoms with Crippen molar-refractivity contribution in [2.75, 3.05) is 39.6 Å². The van der Waals surface area contributed by atoms with E-state index in [4.69, 9.17) is 14.2 Å². The van der Waals surface area contributed by atoms with E-state index in [-0.39, 0.29) is 30.1 Å². The van der Waals surface area contributed by atoms with Crippen molar-refractivity contribution in [2.24, 2.45) is 52.3 Å². The van der Waals surface area contributed by atoms with Crippen LogP contribution < -0.4 is 10.6 Å². The van der Waals surface area contributed by atoms with Crippen molar-refractivity contribution in [3.63, 3.8) is 0 Å². The molecule has 0 radical (unpaired) electrons. The Labute approximate surface area is 259 Å². The van der Waals surface area contributed by atoms with Crippen molar-refractivity contribution in [3.8, 4) is 0 Å². The maximum absolute atomic E-state index is 12.8. The van der Waals surface area contributed by atoms with Gasteiger partial charge in [-0.3, -0.25) is 14.5 Å². The molecule has 0 aromatic rings. The highest BCUT2D eigenvalue weighted by molar-refractivity contribution is 5.96. The molecule has 7 rings (SSSR count). The highest BCUT2D eigenvalue weighted by Crippen LogP contribution is 2.71. The summed E-state index contributed by atoms with van der Waals surface area (Å²) in [7, 11) is 0. The van der Waals surface area contributed by atoms with Gasteiger partial charge in [-0.05, 0) is 104 Å². The summed E-state index contributed by atoms with van der Waals surface area (Å²) in [5, 5.41) is 6.17. The van der Waals surface area contributed by atoms with Gasteiger partial charge < -0.3 is 24.8 Å².